The van der Waals surface area contributed by atoms with Crippen LogP contribution in [0.1, 0.15) is 35.9 Å². The summed E-state index contributed by atoms with van der Waals surface area (Å²) in [6.45, 7) is 7.51. The zero-order valence-corrected chi connectivity index (χ0v) is 14.9. The van der Waals surface area contributed by atoms with E-state index in [0.717, 1.165) is 30.5 Å². The molecule has 0 saturated carbocycles. The highest BCUT2D eigenvalue weighted by Gasteiger charge is 2.26. The van der Waals surface area contributed by atoms with Gasteiger partial charge in [-0.3, -0.25) is 0 Å². The summed E-state index contributed by atoms with van der Waals surface area (Å²) in [6.07, 6.45) is 1.16. The van der Waals surface area contributed by atoms with Crippen LogP contribution in [0.2, 0.25) is 0 Å². The average molecular weight is 365 g/mol. The summed E-state index contributed by atoms with van der Waals surface area (Å²) in [7, 11) is 0. The third-order valence-corrected chi connectivity index (χ3v) is 5.69. The van der Waals surface area contributed by atoms with Gasteiger partial charge < -0.3 is 10.2 Å². The SMILES string of the molecule is CCNCc1ccc(Br)cc1N1CCc2sccc2C1C. The first-order chi connectivity index (χ1) is 10.2. The van der Waals surface area contributed by atoms with E-state index in [2.05, 4.69) is 69.6 Å². The molecule has 21 heavy (non-hydrogen) atoms. The van der Waals surface area contributed by atoms with Gasteiger partial charge in [0, 0.05) is 28.1 Å². The number of anilines is 1. The summed E-state index contributed by atoms with van der Waals surface area (Å²) in [6, 6.07) is 9.38. The number of benzene rings is 1. The molecule has 1 aromatic carbocycles. The molecule has 3 rings (SSSR count). The molecule has 0 aliphatic carbocycles. The summed E-state index contributed by atoms with van der Waals surface area (Å²) in [5.74, 6) is 0. The van der Waals surface area contributed by atoms with Crippen LogP contribution in [-0.4, -0.2) is 13.1 Å². The van der Waals surface area contributed by atoms with E-state index in [9.17, 15) is 0 Å². The van der Waals surface area contributed by atoms with Crippen molar-refractivity contribution in [3.63, 3.8) is 0 Å². The number of nitrogens with one attached hydrogen (secondary N) is 1. The van der Waals surface area contributed by atoms with Crippen LogP contribution in [0.4, 0.5) is 5.69 Å². The summed E-state index contributed by atoms with van der Waals surface area (Å²) < 4.78 is 1.15. The molecule has 0 amide bonds. The highest BCUT2D eigenvalue weighted by atomic mass is 79.9. The zero-order valence-electron chi connectivity index (χ0n) is 12.5. The van der Waals surface area contributed by atoms with Crippen molar-refractivity contribution in [2.45, 2.75) is 32.9 Å². The number of nitrogens with zero attached hydrogens (tertiary/aromatic N) is 1. The molecule has 112 valence electrons. The van der Waals surface area contributed by atoms with Gasteiger partial charge in [0.1, 0.15) is 0 Å². The number of fused-ring (bicyclic) bond motifs is 1. The van der Waals surface area contributed by atoms with Gasteiger partial charge >= 0.3 is 0 Å². The van der Waals surface area contributed by atoms with E-state index in [1.54, 1.807) is 4.88 Å². The molecule has 1 N–H and O–H groups in total. The predicted octanol–water partition coefficient (Wildman–Crippen LogP) is 4.74. The van der Waals surface area contributed by atoms with Crippen molar-refractivity contribution < 1.29 is 0 Å². The Labute approximate surface area is 139 Å². The Morgan fingerprint density at radius 3 is 3.05 bits per heavy atom. The number of halogens is 1. The van der Waals surface area contributed by atoms with Crippen LogP contribution >= 0.6 is 27.3 Å². The lowest BCUT2D eigenvalue weighted by molar-refractivity contribution is 0.625. The van der Waals surface area contributed by atoms with Crippen LogP contribution in [0.15, 0.2) is 34.1 Å². The molecule has 0 saturated heterocycles. The van der Waals surface area contributed by atoms with Crippen LogP contribution in [-0.2, 0) is 13.0 Å². The smallest absolute Gasteiger partial charge is 0.0525 e. The van der Waals surface area contributed by atoms with E-state index in [1.165, 1.54) is 16.8 Å². The van der Waals surface area contributed by atoms with E-state index in [0.29, 0.717) is 6.04 Å². The molecule has 0 bridgehead atoms. The molecule has 1 aliphatic heterocycles. The number of hydrogen-bond acceptors (Lipinski definition) is 3. The second-order valence-corrected chi connectivity index (χ2v) is 7.39. The van der Waals surface area contributed by atoms with Gasteiger partial charge in [-0.1, -0.05) is 28.9 Å². The Bertz CT molecular complexity index is 623. The van der Waals surface area contributed by atoms with Crippen molar-refractivity contribution in [2.75, 3.05) is 18.0 Å². The minimum atomic E-state index is 0.453. The van der Waals surface area contributed by atoms with Gasteiger partial charge in [-0.05, 0) is 54.6 Å². The quantitative estimate of drug-likeness (QED) is 0.842. The summed E-state index contributed by atoms with van der Waals surface area (Å²) in [5, 5.41) is 5.68. The van der Waals surface area contributed by atoms with Crippen molar-refractivity contribution in [1.82, 2.24) is 5.32 Å². The van der Waals surface area contributed by atoms with Gasteiger partial charge in [0.05, 0.1) is 6.04 Å². The standard InChI is InChI=1S/C17H21BrN2S/c1-3-19-11-13-4-5-14(18)10-16(13)20-8-6-17-15(12(20)2)7-9-21-17/h4-5,7,9-10,12,19H,3,6,8,11H2,1-2H3. The van der Waals surface area contributed by atoms with Crippen molar-refractivity contribution in [3.8, 4) is 0 Å². The Kier molecular flexibility index (Phi) is 4.67. The molecule has 1 unspecified atom stereocenters. The molecule has 0 fully saturated rings. The van der Waals surface area contributed by atoms with E-state index < -0.39 is 0 Å². The third kappa shape index (κ3) is 3.03. The van der Waals surface area contributed by atoms with Gasteiger partial charge in [-0.15, -0.1) is 11.3 Å². The molecular formula is C17H21BrN2S. The third-order valence-electron chi connectivity index (χ3n) is 4.20. The first-order valence-corrected chi connectivity index (χ1v) is 9.20. The molecule has 2 aromatic rings. The largest absolute Gasteiger partial charge is 0.364 e. The Morgan fingerprint density at radius 1 is 1.38 bits per heavy atom. The molecule has 1 atom stereocenters. The molecule has 2 nitrogen and oxygen atoms in total. The van der Waals surface area contributed by atoms with E-state index in [4.69, 9.17) is 0 Å². The zero-order chi connectivity index (χ0) is 14.8. The summed E-state index contributed by atoms with van der Waals surface area (Å²) >= 11 is 5.53. The predicted molar refractivity (Wildman–Crippen MR) is 95.3 cm³/mol. The molecular weight excluding hydrogens is 344 g/mol. The maximum atomic E-state index is 3.63. The van der Waals surface area contributed by atoms with Crippen molar-refractivity contribution in [3.05, 3.63) is 50.1 Å². The maximum absolute atomic E-state index is 3.63. The Morgan fingerprint density at radius 2 is 2.24 bits per heavy atom. The minimum absolute atomic E-state index is 0.453. The second-order valence-electron chi connectivity index (χ2n) is 5.47. The van der Waals surface area contributed by atoms with Gasteiger partial charge in [0.2, 0.25) is 0 Å². The molecule has 2 heterocycles. The van der Waals surface area contributed by atoms with Gasteiger partial charge in [-0.2, -0.15) is 0 Å². The lowest BCUT2D eigenvalue weighted by Crippen LogP contribution is -2.34. The topological polar surface area (TPSA) is 15.3 Å². The summed E-state index contributed by atoms with van der Waals surface area (Å²) in [5.41, 5.74) is 4.24. The molecule has 1 aromatic heterocycles. The van der Waals surface area contributed by atoms with Crippen LogP contribution in [0.3, 0.4) is 0 Å². The normalized spacial score (nSPS) is 17.9. The average Bonchev–Trinajstić information content (AvgIpc) is 2.96. The molecule has 0 spiro atoms. The van der Waals surface area contributed by atoms with Crippen LogP contribution in [0, 0.1) is 0 Å². The summed E-state index contributed by atoms with van der Waals surface area (Å²) in [4.78, 5) is 4.11. The first-order valence-electron chi connectivity index (χ1n) is 7.52. The van der Waals surface area contributed by atoms with Gasteiger partial charge in [0.15, 0.2) is 0 Å². The van der Waals surface area contributed by atoms with Crippen molar-refractivity contribution in [1.29, 1.82) is 0 Å². The number of rotatable bonds is 4. The Balaban J connectivity index is 1.94. The van der Waals surface area contributed by atoms with Gasteiger partial charge in [-0.25, -0.2) is 0 Å². The molecule has 0 radical (unpaired) electrons. The number of hydrogen-bond donors (Lipinski definition) is 1. The van der Waals surface area contributed by atoms with E-state index >= 15 is 0 Å². The lowest BCUT2D eigenvalue weighted by Gasteiger charge is -2.37. The molecule has 4 heteroatoms. The Hall–Kier alpha value is -0.840. The lowest BCUT2D eigenvalue weighted by atomic mass is 9.99. The van der Waals surface area contributed by atoms with Gasteiger partial charge in [0.25, 0.3) is 0 Å². The highest BCUT2D eigenvalue weighted by molar-refractivity contribution is 9.10. The van der Waals surface area contributed by atoms with Crippen molar-refractivity contribution in [2.24, 2.45) is 0 Å². The second kappa shape index (κ2) is 6.51. The first kappa shape index (κ1) is 15.1. The minimum Gasteiger partial charge on any atom is -0.364 e. The van der Waals surface area contributed by atoms with E-state index in [-0.39, 0.29) is 0 Å². The highest BCUT2D eigenvalue weighted by Crippen LogP contribution is 2.38. The molecule has 1 aliphatic rings. The maximum Gasteiger partial charge on any atom is 0.0525 e. The monoisotopic (exact) mass is 364 g/mol. The van der Waals surface area contributed by atoms with Crippen LogP contribution in [0.5, 0.6) is 0 Å². The van der Waals surface area contributed by atoms with Crippen LogP contribution in [0.25, 0.3) is 0 Å². The fourth-order valence-electron chi connectivity index (χ4n) is 3.05. The fourth-order valence-corrected chi connectivity index (χ4v) is 4.36. The van der Waals surface area contributed by atoms with Crippen molar-refractivity contribution >= 4 is 33.0 Å². The number of thiophene rings is 1. The van der Waals surface area contributed by atoms with Crippen LogP contribution < -0.4 is 10.2 Å². The van der Waals surface area contributed by atoms with E-state index in [1.807, 2.05) is 11.3 Å². The fraction of sp³-hybridized carbons (Fsp3) is 0.412.